The van der Waals surface area contributed by atoms with E-state index in [2.05, 4.69) is 14.7 Å². The molecule has 1 aromatic rings. The molecular formula is C10H14N2O2. The van der Waals surface area contributed by atoms with E-state index in [1.807, 2.05) is 20.8 Å². The van der Waals surface area contributed by atoms with Gasteiger partial charge in [0, 0.05) is 17.8 Å². The van der Waals surface area contributed by atoms with E-state index >= 15 is 0 Å². The van der Waals surface area contributed by atoms with Crippen LogP contribution in [-0.2, 0) is 10.2 Å². The maximum Gasteiger partial charge on any atom is 0.341 e. The Balaban J connectivity index is 2.95. The molecule has 0 aliphatic heterocycles. The van der Waals surface area contributed by atoms with Crippen LogP contribution in [0.4, 0.5) is 0 Å². The minimum absolute atomic E-state index is 0.103. The molecule has 0 radical (unpaired) electrons. The van der Waals surface area contributed by atoms with Crippen molar-refractivity contribution in [3.63, 3.8) is 0 Å². The lowest BCUT2D eigenvalue weighted by atomic mass is 9.96. The summed E-state index contributed by atoms with van der Waals surface area (Å²) in [6.45, 7) is 6.04. The van der Waals surface area contributed by atoms with Gasteiger partial charge in [-0.3, -0.25) is 0 Å². The number of carbonyl (C=O) groups excluding carboxylic acids is 1. The van der Waals surface area contributed by atoms with Crippen molar-refractivity contribution in [3.05, 3.63) is 23.8 Å². The van der Waals surface area contributed by atoms with E-state index in [4.69, 9.17) is 0 Å². The molecule has 0 aromatic carbocycles. The van der Waals surface area contributed by atoms with Crippen LogP contribution in [0.5, 0.6) is 0 Å². The molecule has 0 saturated heterocycles. The van der Waals surface area contributed by atoms with Crippen LogP contribution >= 0.6 is 0 Å². The molecule has 0 unspecified atom stereocenters. The third-order valence-corrected chi connectivity index (χ3v) is 1.74. The van der Waals surface area contributed by atoms with Crippen molar-refractivity contribution in [1.82, 2.24) is 9.97 Å². The minimum atomic E-state index is -0.412. The zero-order valence-corrected chi connectivity index (χ0v) is 8.87. The van der Waals surface area contributed by atoms with E-state index in [1.54, 1.807) is 0 Å². The number of rotatable bonds is 1. The van der Waals surface area contributed by atoms with Gasteiger partial charge in [0.25, 0.3) is 0 Å². The van der Waals surface area contributed by atoms with Crippen LogP contribution in [0.1, 0.15) is 37.0 Å². The maximum atomic E-state index is 11.1. The second-order valence-electron chi connectivity index (χ2n) is 4.04. The number of aromatic nitrogens is 2. The third kappa shape index (κ3) is 2.28. The van der Waals surface area contributed by atoms with Crippen LogP contribution < -0.4 is 0 Å². The molecule has 1 aromatic heterocycles. The number of hydrogen-bond donors (Lipinski definition) is 0. The van der Waals surface area contributed by atoms with Crippen molar-refractivity contribution < 1.29 is 9.53 Å². The summed E-state index contributed by atoms with van der Waals surface area (Å²) < 4.78 is 4.54. The van der Waals surface area contributed by atoms with Gasteiger partial charge >= 0.3 is 5.97 Å². The van der Waals surface area contributed by atoms with E-state index in [1.165, 1.54) is 19.5 Å². The predicted molar refractivity (Wildman–Crippen MR) is 52.1 cm³/mol. The molecule has 0 amide bonds. The number of nitrogens with zero attached hydrogens (tertiary/aromatic N) is 2. The summed E-state index contributed by atoms with van der Waals surface area (Å²) in [7, 11) is 1.33. The lowest BCUT2D eigenvalue weighted by molar-refractivity contribution is 0.0599. The Morgan fingerprint density at radius 1 is 1.29 bits per heavy atom. The van der Waals surface area contributed by atoms with Crippen molar-refractivity contribution >= 4 is 5.97 Å². The van der Waals surface area contributed by atoms with Crippen LogP contribution in [0.2, 0.25) is 0 Å². The zero-order chi connectivity index (χ0) is 10.8. The number of methoxy groups -OCH3 is 1. The quantitative estimate of drug-likeness (QED) is 0.636. The summed E-state index contributed by atoms with van der Waals surface area (Å²) in [4.78, 5) is 19.3. The Morgan fingerprint density at radius 2 is 1.79 bits per heavy atom. The van der Waals surface area contributed by atoms with Gasteiger partial charge in [0.15, 0.2) is 0 Å². The molecule has 0 saturated carbocycles. The fourth-order valence-corrected chi connectivity index (χ4v) is 0.939. The lowest BCUT2D eigenvalue weighted by Crippen LogP contribution is -2.16. The van der Waals surface area contributed by atoms with Crippen molar-refractivity contribution in [2.24, 2.45) is 0 Å². The van der Waals surface area contributed by atoms with Gasteiger partial charge in [-0.25, -0.2) is 14.8 Å². The van der Waals surface area contributed by atoms with E-state index in [9.17, 15) is 4.79 Å². The molecule has 76 valence electrons. The Morgan fingerprint density at radius 3 is 2.14 bits per heavy atom. The first kappa shape index (κ1) is 10.6. The van der Waals surface area contributed by atoms with Crippen molar-refractivity contribution in [2.45, 2.75) is 26.2 Å². The largest absolute Gasteiger partial charge is 0.465 e. The van der Waals surface area contributed by atoms with Gasteiger partial charge in [-0.2, -0.15) is 0 Å². The first-order valence-electron chi connectivity index (χ1n) is 4.36. The Hall–Kier alpha value is -1.45. The molecular weight excluding hydrogens is 180 g/mol. The standard InChI is InChI=1S/C10H14N2O2/c1-10(2,3)9-11-5-7(6-12-9)8(13)14-4/h5-6H,1-4H3. The van der Waals surface area contributed by atoms with Gasteiger partial charge < -0.3 is 4.74 Å². The highest BCUT2D eigenvalue weighted by molar-refractivity contribution is 5.88. The van der Waals surface area contributed by atoms with E-state index in [0.717, 1.165) is 0 Å². The molecule has 14 heavy (non-hydrogen) atoms. The number of esters is 1. The van der Waals surface area contributed by atoms with Crippen molar-refractivity contribution in [2.75, 3.05) is 7.11 Å². The molecule has 0 aliphatic carbocycles. The summed E-state index contributed by atoms with van der Waals surface area (Å²) in [5, 5.41) is 0. The van der Waals surface area contributed by atoms with Crippen LogP contribution in [0.3, 0.4) is 0 Å². The first-order chi connectivity index (χ1) is 6.45. The Labute approximate surface area is 83.3 Å². The van der Waals surface area contributed by atoms with Crippen LogP contribution in [0.15, 0.2) is 12.4 Å². The van der Waals surface area contributed by atoms with E-state index < -0.39 is 5.97 Å². The molecule has 4 heteroatoms. The summed E-state index contributed by atoms with van der Waals surface area (Å²) in [6, 6.07) is 0. The lowest BCUT2D eigenvalue weighted by Gasteiger charge is -2.15. The molecule has 4 nitrogen and oxygen atoms in total. The molecule has 0 spiro atoms. The minimum Gasteiger partial charge on any atom is -0.465 e. The summed E-state index contributed by atoms with van der Waals surface area (Å²) in [5.74, 6) is 0.301. The monoisotopic (exact) mass is 194 g/mol. The SMILES string of the molecule is COC(=O)c1cnc(C(C)(C)C)nc1. The summed E-state index contributed by atoms with van der Waals surface area (Å²) in [6.07, 6.45) is 2.97. The molecule has 0 aliphatic rings. The highest BCUT2D eigenvalue weighted by Gasteiger charge is 2.17. The topological polar surface area (TPSA) is 52.1 Å². The molecule has 1 rings (SSSR count). The average Bonchev–Trinajstić information content (AvgIpc) is 2.15. The Kier molecular flexibility index (Phi) is 2.84. The van der Waals surface area contributed by atoms with Gasteiger partial charge in [0.1, 0.15) is 5.82 Å². The van der Waals surface area contributed by atoms with Crippen LogP contribution in [0, 0.1) is 0 Å². The van der Waals surface area contributed by atoms with Crippen LogP contribution in [0.25, 0.3) is 0 Å². The van der Waals surface area contributed by atoms with Gasteiger partial charge in [0.2, 0.25) is 0 Å². The number of hydrogen-bond acceptors (Lipinski definition) is 4. The molecule has 0 bridgehead atoms. The highest BCUT2D eigenvalue weighted by Crippen LogP contribution is 2.17. The van der Waals surface area contributed by atoms with Gasteiger partial charge in [0.05, 0.1) is 12.7 Å². The second-order valence-corrected chi connectivity index (χ2v) is 4.04. The maximum absolute atomic E-state index is 11.1. The normalized spacial score (nSPS) is 11.1. The fourth-order valence-electron chi connectivity index (χ4n) is 0.939. The number of carbonyl (C=O) groups is 1. The third-order valence-electron chi connectivity index (χ3n) is 1.74. The highest BCUT2D eigenvalue weighted by atomic mass is 16.5. The average molecular weight is 194 g/mol. The molecule has 1 heterocycles. The molecule has 0 fully saturated rings. The van der Waals surface area contributed by atoms with Gasteiger partial charge in [-0.1, -0.05) is 20.8 Å². The Bertz CT molecular complexity index is 325. The predicted octanol–water partition coefficient (Wildman–Crippen LogP) is 1.56. The van der Waals surface area contributed by atoms with Gasteiger partial charge in [-0.05, 0) is 0 Å². The second kappa shape index (κ2) is 3.74. The zero-order valence-electron chi connectivity index (χ0n) is 8.87. The van der Waals surface area contributed by atoms with E-state index in [-0.39, 0.29) is 5.41 Å². The molecule has 0 atom stereocenters. The smallest absolute Gasteiger partial charge is 0.341 e. The van der Waals surface area contributed by atoms with E-state index in [0.29, 0.717) is 11.4 Å². The summed E-state index contributed by atoms with van der Waals surface area (Å²) in [5.41, 5.74) is 0.273. The van der Waals surface area contributed by atoms with Crippen molar-refractivity contribution in [1.29, 1.82) is 0 Å². The van der Waals surface area contributed by atoms with Crippen molar-refractivity contribution in [3.8, 4) is 0 Å². The van der Waals surface area contributed by atoms with Gasteiger partial charge in [-0.15, -0.1) is 0 Å². The van der Waals surface area contributed by atoms with Crippen LogP contribution in [-0.4, -0.2) is 23.0 Å². The first-order valence-corrected chi connectivity index (χ1v) is 4.36. The molecule has 0 N–H and O–H groups in total. The fraction of sp³-hybridized carbons (Fsp3) is 0.500. The number of ether oxygens (including phenoxy) is 1. The summed E-state index contributed by atoms with van der Waals surface area (Å²) >= 11 is 0.